The van der Waals surface area contributed by atoms with Gasteiger partial charge in [0.1, 0.15) is 0 Å². The maximum atomic E-state index is 11.2. The number of carbonyl (C=O) groups is 1. The quantitative estimate of drug-likeness (QED) is 0.576. The molecule has 1 heterocycles. The van der Waals surface area contributed by atoms with E-state index >= 15 is 0 Å². The molecule has 0 aliphatic heterocycles. The minimum atomic E-state index is -0.281. The van der Waals surface area contributed by atoms with Gasteiger partial charge in [0.25, 0.3) is 0 Å². The largest absolute Gasteiger partial charge is 0.463 e. The summed E-state index contributed by atoms with van der Waals surface area (Å²) in [7, 11) is 1.91. The van der Waals surface area contributed by atoms with Gasteiger partial charge in [0.05, 0.1) is 12.3 Å². The van der Waals surface area contributed by atoms with Crippen LogP contribution >= 0.6 is 0 Å². The minimum Gasteiger partial charge on any atom is -0.463 e. The molecule has 0 saturated heterocycles. The van der Waals surface area contributed by atoms with Crippen molar-refractivity contribution in [2.45, 2.75) is 39.0 Å². The molecule has 0 radical (unpaired) electrons. The fourth-order valence-electron chi connectivity index (χ4n) is 1.77. The molecule has 4 nitrogen and oxygen atoms in total. The van der Waals surface area contributed by atoms with Gasteiger partial charge in [-0.1, -0.05) is 19.9 Å². The maximum absolute atomic E-state index is 11.2. The predicted molar refractivity (Wildman–Crippen MR) is 71.2 cm³/mol. The van der Waals surface area contributed by atoms with Crippen LogP contribution < -0.4 is 0 Å². The predicted octanol–water partition coefficient (Wildman–Crippen LogP) is 2.60. The first-order valence-corrected chi connectivity index (χ1v) is 6.35. The van der Waals surface area contributed by atoms with Crippen LogP contribution in [0.15, 0.2) is 24.4 Å². The van der Waals surface area contributed by atoms with E-state index in [1.54, 1.807) is 11.6 Å². The number of ether oxygens (including phenoxy) is 1. The molecule has 4 heteroatoms. The lowest BCUT2D eigenvalue weighted by atomic mass is 9.81. The van der Waals surface area contributed by atoms with E-state index < -0.39 is 0 Å². The molecule has 0 amide bonds. The monoisotopic (exact) mass is 250 g/mol. The van der Waals surface area contributed by atoms with E-state index in [1.165, 1.54) is 6.08 Å². The Bertz CT molecular complexity index is 423. The molecule has 0 spiro atoms. The van der Waals surface area contributed by atoms with Crippen molar-refractivity contribution in [1.82, 2.24) is 9.78 Å². The summed E-state index contributed by atoms with van der Waals surface area (Å²) in [5.41, 5.74) is 1.02. The smallest absolute Gasteiger partial charge is 0.330 e. The van der Waals surface area contributed by atoms with E-state index in [0.29, 0.717) is 6.61 Å². The van der Waals surface area contributed by atoms with E-state index in [9.17, 15) is 4.79 Å². The van der Waals surface area contributed by atoms with Gasteiger partial charge in [0.2, 0.25) is 0 Å². The van der Waals surface area contributed by atoms with Gasteiger partial charge in [0, 0.05) is 24.7 Å². The lowest BCUT2D eigenvalue weighted by Gasteiger charge is -2.24. The van der Waals surface area contributed by atoms with Gasteiger partial charge in [-0.2, -0.15) is 5.10 Å². The van der Waals surface area contributed by atoms with Gasteiger partial charge < -0.3 is 4.74 Å². The van der Waals surface area contributed by atoms with E-state index in [-0.39, 0.29) is 11.4 Å². The topological polar surface area (TPSA) is 44.1 Å². The lowest BCUT2D eigenvalue weighted by Crippen LogP contribution is -2.21. The van der Waals surface area contributed by atoms with Gasteiger partial charge in [-0.3, -0.25) is 4.68 Å². The number of rotatable bonds is 6. The average molecular weight is 250 g/mol. The first kappa shape index (κ1) is 14.5. The molecule has 1 aromatic rings. The van der Waals surface area contributed by atoms with Crippen molar-refractivity contribution in [2.75, 3.05) is 6.61 Å². The zero-order chi connectivity index (χ0) is 13.6. The molecule has 1 atom stereocenters. The molecular weight excluding hydrogens is 228 g/mol. The van der Waals surface area contributed by atoms with Crippen molar-refractivity contribution in [3.63, 3.8) is 0 Å². The summed E-state index contributed by atoms with van der Waals surface area (Å²) in [5.74, 6) is -0.281. The highest BCUT2D eigenvalue weighted by atomic mass is 16.5. The Morgan fingerprint density at radius 1 is 1.56 bits per heavy atom. The third-order valence-electron chi connectivity index (χ3n) is 3.22. The van der Waals surface area contributed by atoms with Gasteiger partial charge >= 0.3 is 5.97 Å². The zero-order valence-electron chi connectivity index (χ0n) is 11.6. The van der Waals surface area contributed by atoms with Crippen LogP contribution in [0.25, 0.3) is 0 Å². The maximum Gasteiger partial charge on any atom is 0.330 e. The van der Waals surface area contributed by atoms with Crippen LogP contribution in [-0.2, 0) is 22.0 Å². The number of allylic oxidation sites excluding steroid dienone is 1. The number of nitrogens with zero attached hydrogens (tertiary/aromatic N) is 2. The fraction of sp³-hybridized carbons (Fsp3) is 0.571. The van der Waals surface area contributed by atoms with Gasteiger partial charge in [-0.05, 0) is 25.8 Å². The summed E-state index contributed by atoms with van der Waals surface area (Å²) in [6, 6.07) is 2.03. The van der Waals surface area contributed by atoms with Crippen LogP contribution in [0.2, 0.25) is 0 Å². The summed E-state index contributed by atoms with van der Waals surface area (Å²) in [6.07, 6.45) is 7.06. The van der Waals surface area contributed by atoms with Crippen molar-refractivity contribution in [1.29, 1.82) is 0 Å². The molecule has 0 saturated carbocycles. The Balaban J connectivity index is 2.69. The van der Waals surface area contributed by atoms with Crippen LogP contribution in [-0.4, -0.2) is 22.4 Å². The molecule has 18 heavy (non-hydrogen) atoms. The molecule has 0 aromatic carbocycles. The fourth-order valence-corrected chi connectivity index (χ4v) is 1.77. The van der Waals surface area contributed by atoms with Gasteiger partial charge in [0.15, 0.2) is 0 Å². The average Bonchev–Trinajstić information content (AvgIpc) is 2.76. The first-order chi connectivity index (χ1) is 8.51. The third-order valence-corrected chi connectivity index (χ3v) is 3.22. The van der Waals surface area contributed by atoms with Crippen molar-refractivity contribution in [3.05, 3.63) is 30.1 Å². The second-order valence-corrected chi connectivity index (χ2v) is 4.65. The summed E-state index contributed by atoms with van der Waals surface area (Å²) in [6.45, 7) is 6.50. The molecule has 1 aromatic heterocycles. The molecule has 0 aliphatic rings. The van der Waals surface area contributed by atoms with E-state index in [4.69, 9.17) is 4.74 Å². The molecule has 0 bridgehead atoms. The Morgan fingerprint density at radius 3 is 2.78 bits per heavy atom. The van der Waals surface area contributed by atoms with Crippen molar-refractivity contribution < 1.29 is 9.53 Å². The molecule has 0 aliphatic carbocycles. The lowest BCUT2D eigenvalue weighted by molar-refractivity contribution is -0.137. The van der Waals surface area contributed by atoms with Crippen molar-refractivity contribution in [2.24, 2.45) is 7.05 Å². The van der Waals surface area contributed by atoms with Crippen LogP contribution in [0.5, 0.6) is 0 Å². The Labute approximate surface area is 109 Å². The minimum absolute atomic E-state index is 0.0374. The van der Waals surface area contributed by atoms with Crippen LogP contribution in [0.4, 0.5) is 0 Å². The third kappa shape index (κ3) is 3.72. The normalized spacial score (nSPS) is 14.7. The highest BCUT2D eigenvalue weighted by molar-refractivity contribution is 5.81. The zero-order valence-corrected chi connectivity index (χ0v) is 11.6. The molecular formula is C14H22N2O2. The number of esters is 1. The summed E-state index contributed by atoms with van der Waals surface area (Å²) < 4.78 is 6.66. The van der Waals surface area contributed by atoms with Crippen LogP contribution in [0, 0.1) is 0 Å². The van der Waals surface area contributed by atoms with E-state index in [1.807, 2.05) is 25.4 Å². The number of carbonyl (C=O) groups excluding carboxylic acids is 1. The summed E-state index contributed by atoms with van der Waals surface area (Å²) >= 11 is 0. The van der Waals surface area contributed by atoms with Crippen molar-refractivity contribution >= 4 is 5.97 Å². The number of hydrogen-bond acceptors (Lipinski definition) is 3. The highest BCUT2D eigenvalue weighted by Crippen LogP contribution is 2.30. The summed E-state index contributed by atoms with van der Waals surface area (Å²) in [5, 5.41) is 4.45. The van der Waals surface area contributed by atoms with E-state index in [2.05, 4.69) is 18.9 Å². The Hall–Kier alpha value is -1.58. The van der Waals surface area contributed by atoms with E-state index in [0.717, 1.165) is 18.5 Å². The molecule has 100 valence electrons. The first-order valence-electron chi connectivity index (χ1n) is 6.35. The molecule has 1 rings (SSSR count). The van der Waals surface area contributed by atoms with Crippen LogP contribution in [0.1, 0.15) is 39.3 Å². The number of hydrogen-bond donors (Lipinski definition) is 0. The molecule has 0 N–H and O–H groups in total. The number of aryl methyl sites for hydroxylation is 1. The van der Waals surface area contributed by atoms with Crippen molar-refractivity contribution in [3.8, 4) is 0 Å². The second kappa shape index (κ2) is 6.38. The van der Waals surface area contributed by atoms with Crippen LogP contribution in [0.3, 0.4) is 0 Å². The second-order valence-electron chi connectivity index (χ2n) is 4.65. The van der Waals surface area contributed by atoms with Gasteiger partial charge in [-0.25, -0.2) is 4.79 Å². The summed E-state index contributed by atoms with van der Waals surface area (Å²) in [4.78, 5) is 11.2. The van der Waals surface area contributed by atoms with Gasteiger partial charge in [-0.15, -0.1) is 0 Å². The highest BCUT2D eigenvalue weighted by Gasteiger charge is 2.25. The SMILES string of the molecule is CCOC(=O)/C=C/CC(C)(CC)c1ccn(C)n1. The molecule has 1 unspecified atom stereocenters. The Kier molecular flexibility index (Phi) is 5.13. The molecule has 0 fully saturated rings. The standard InChI is InChI=1S/C14H22N2O2/c1-5-14(3,12-9-11-16(4)15-12)10-7-8-13(17)18-6-2/h7-9,11H,5-6,10H2,1-4H3/b8-7+. The Morgan fingerprint density at radius 2 is 2.28 bits per heavy atom. The number of aromatic nitrogens is 2.